The third kappa shape index (κ3) is 3.84. The summed E-state index contributed by atoms with van der Waals surface area (Å²) in [6.07, 6.45) is 0. The molecule has 10 heteroatoms. The molecule has 0 amide bonds. The lowest BCUT2D eigenvalue weighted by atomic mass is 10.2. The molecule has 25 heavy (non-hydrogen) atoms. The zero-order chi connectivity index (χ0) is 16.4. The Hall–Kier alpha value is -2.36. The summed E-state index contributed by atoms with van der Waals surface area (Å²) in [7, 11) is 2.06. The number of nitrogens with one attached hydrogen (secondary N) is 1. The highest BCUT2D eigenvalue weighted by atomic mass is 35.5. The Morgan fingerprint density at radius 3 is 2.92 bits per heavy atom. The fraction of sp³-hybridized carbons (Fsp3) is 0.400. The van der Waals surface area contributed by atoms with Crippen LogP contribution < -0.4 is 5.32 Å². The molecule has 3 heterocycles. The van der Waals surface area contributed by atoms with E-state index in [2.05, 4.69) is 42.8 Å². The Kier molecular flexibility index (Phi) is 5.37. The summed E-state index contributed by atoms with van der Waals surface area (Å²) in [6.45, 7) is 3.05. The van der Waals surface area contributed by atoms with Gasteiger partial charge in [-0.25, -0.2) is 0 Å². The van der Waals surface area contributed by atoms with Crippen LogP contribution in [0.5, 0.6) is 0 Å². The maximum absolute atomic E-state index is 5.34. The lowest BCUT2D eigenvalue weighted by molar-refractivity contribution is 0.190. The molecule has 1 aliphatic heterocycles. The van der Waals surface area contributed by atoms with Gasteiger partial charge >= 0.3 is 0 Å². The molecule has 4 rings (SSSR count). The van der Waals surface area contributed by atoms with Gasteiger partial charge in [-0.05, 0) is 12.3 Å². The number of nitrogens with zero attached hydrogens (tertiary/aromatic N) is 7. The number of hydrogen-bond acceptors (Lipinski definition) is 8. The molecule has 132 valence electrons. The summed E-state index contributed by atoms with van der Waals surface area (Å²) >= 11 is 0. The zero-order valence-corrected chi connectivity index (χ0v) is 14.6. The molecule has 3 aromatic rings. The number of tetrazole rings is 1. The normalized spacial score (nSPS) is 18.0. The lowest BCUT2D eigenvalue weighted by Crippen LogP contribution is -2.44. The van der Waals surface area contributed by atoms with E-state index in [4.69, 9.17) is 4.52 Å². The van der Waals surface area contributed by atoms with Crippen molar-refractivity contribution in [2.45, 2.75) is 12.6 Å². The van der Waals surface area contributed by atoms with Crippen LogP contribution in [0, 0.1) is 0 Å². The zero-order valence-electron chi connectivity index (χ0n) is 13.7. The number of benzene rings is 1. The van der Waals surface area contributed by atoms with E-state index in [0.29, 0.717) is 24.1 Å². The van der Waals surface area contributed by atoms with Crippen molar-refractivity contribution in [1.82, 2.24) is 40.6 Å². The molecule has 0 spiro atoms. The molecule has 1 atom stereocenters. The molecule has 1 unspecified atom stereocenters. The molecule has 2 aromatic heterocycles. The van der Waals surface area contributed by atoms with Crippen LogP contribution in [-0.2, 0) is 6.54 Å². The number of hydrogen-bond donors (Lipinski definition) is 1. The molecule has 0 saturated carbocycles. The van der Waals surface area contributed by atoms with E-state index in [-0.39, 0.29) is 18.4 Å². The average molecular weight is 363 g/mol. The lowest BCUT2D eigenvalue weighted by Gasteiger charge is -2.30. The molecule has 9 nitrogen and oxygen atoms in total. The van der Waals surface area contributed by atoms with Gasteiger partial charge < -0.3 is 9.84 Å². The van der Waals surface area contributed by atoms with Gasteiger partial charge in [-0.2, -0.15) is 9.78 Å². The van der Waals surface area contributed by atoms with Crippen LogP contribution in [0.25, 0.3) is 11.4 Å². The number of halogens is 1. The Morgan fingerprint density at radius 1 is 1.28 bits per heavy atom. The van der Waals surface area contributed by atoms with Crippen LogP contribution in [0.3, 0.4) is 0 Å². The maximum Gasteiger partial charge on any atom is 0.250 e. The fourth-order valence-corrected chi connectivity index (χ4v) is 2.70. The number of rotatable bonds is 4. The summed E-state index contributed by atoms with van der Waals surface area (Å²) in [6, 6.07) is 9.84. The van der Waals surface area contributed by atoms with Crippen molar-refractivity contribution in [3.05, 3.63) is 42.0 Å². The quantitative estimate of drug-likeness (QED) is 0.726. The van der Waals surface area contributed by atoms with E-state index in [9.17, 15) is 0 Å². The van der Waals surface area contributed by atoms with Crippen LogP contribution in [0.1, 0.15) is 17.8 Å². The smallest absolute Gasteiger partial charge is 0.250 e. The first-order valence-corrected chi connectivity index (χ1v) is 7.86. The molecule has 0 aliphatic carbocycles. The molecule has 0 bridgehead atoms. The second kappa shape index (κ2) is 7.68. The Morgan fingerprint density at radius 2 is 2.12 bits per heavy atom. The van der Waals surface area contributed by atoms with Gasteiger partial charge in [0.2, 0.25) is 11.7 Å². The van der Waals surface area contributed by atoms with E-state index in [1.807, 2.05) is 30.3 Å². The van der Waals surface area contributed by atoms with E-state index in [1.165, 1.54) is 4.80 Å². The predicted octanol–water partition coefficient (Wildman–Crippen LogP) is 0.769. The summed E-state index contributed by atoms with van der Waals surface area (Å²) < 4.78 is 5.34. The molecule has 1 aliphatic rings. The molecular formula is C15H19ClN8O. The molecule has 1 N–H and O–H groups in total. The highest BCUT2D eigenvalue weighted by molar-refractivity contribution is 5.85. The summed E-state index contributed by atoms with van der Waals surface area (Å²) in [4.78, 5) is 8.15. The summed E-state index contributed by atoms with van der Waals surface area (Å²) in [5, 5.41) is 19.9. The first kappa shape index (κ1) is 17.5. The molecule has 1 fully saturated rings. The van der Waals surface area contributed by atoms with Gasteiger partial charge in [-0.1, -0.05) is 35.5 Å². The van der Waals surface area contributed by atoms with E-state index in [0.717, 1.165) is 25.2 Å². The third-order valence-corrected chi connectivity index (χ3v) is 4.05. The highest BCUT2D eigenvalue weighted by Crippen LogP contribution is 2.18. The Labute approximate surface area is 150 Å². The minimum atomic E-state index is 0. The molecule has 1 aromatic carbocycles. The first-order chi connectivity index (χ1) is 11.8. The van der Waals surface area contributed by atoms with E-state index in [1.54, 1.807) is 0 Å². The summed E-state index contributed by atoms with van der Waals surface area (Å²) in [5.74, 6) is 1.73. The molecule has 1 saturated heterocycles. The second-order valence-corrected chi connectivity index (χ2v) is 5.76. The van der Waals surface area contributed by atoms with Gasteiger partial charge in [0.25, 0.3) is 0 Å². The largest absolute Gasteiger partial charge is 0.337 e. The molecule has 0 radical (unpaired) electrons. The molecular weight excluding hydrogens is 344 g/mol. The van der Waals surface area contributed by atoms with E-state index < -0.39 is 0 Å². The van der Waals surface area contributed by atoms with Crippen molar-refractivity contribution < 1.29 is 4.52 Å². The second-order valence-electron chi connectivity index (χ2n) is 5.76. The van der Waals surface area contributed by atoms with Gasteiger partial charge in [0.1, 0.15) is 6.54 Å². The predicted molar refractivity (Wildman–Crippen MR) is 92.1 cm³/mol. The van der Waals surface area contributed by atoms with Crippen molar-refractivity contribution in [3.8, 4) is 11.4 Å². The van der Waals surface area contributed by atoms with Gasteiger partial charge in [0.05, 0.1) is 6.04 Å². The minimum Gasteiger partial charge on any atom is -0.337 e. The van der Waals surface area contributed by atoms with Crippen LogP contribution in [0.15, 0.2) is 34.9 Å². The van der Waals surface area contributed by atoms with Crippen molar-refractivity contribution in [2.24, 2.45) is 0 Å². The van der Waals surface area contributed by atoms with Crippen LogP contribution in [-0.4, -0.2) is 61.9 Å². The van der Waals surface area contributed by atoms with Crippen molar-refractivity contribution in [1.29, 1.82) is 0 Å². The van der Waals surface area contributed by atoms with Crippen LogP contribution in [0.2, 0.25) is 0 Å². The SMILES string of the molecule is CN1CCNCC1c1noc(Cn2nnc(-c3ccccc3)n2)n1.Cl. The minimum absolute atomic E-state index is 0. The standard InChI is InChI=1S/C15H18N8O.ClH/c1-22-8-7-16-9-12(22)15-17-13(24-20-15)10-23-19-14(18-21-23)11-5-3-2-4-6-11;/h2-6,12,16H,7-10H2,1H3;1H. The van der Waals surface area contributed by atoms with Crippen molar-refractivity contribution in [2.75, 3.05) is 26.7 Å². The maximum atomic E-state index is 5.34. The number of likely N-dealkylation sites (N-methyl/N-ethyl adjacent to an activating group) is 1. The Bertz CT molecular complexity index is 805. The average Bonchev–Trinajstić information content (AvgIpc) is 3.26. The van der Waals surface area contributed by atoms with Gasteiger partial charge in [0, 0.05) is 25.2 Å². The number of piperazine rings is 1. The topological polar surface area (TPSA) is 97.8 Å². The summed E-state index contributed by atoms with van der Waals surface area (Å²) in [5.41, 5.74) is 0.921. The van der Waals surface area contributed by atoms with Gasteiger partial charge in [-0.3, -0.25) is 4.90 Å². The highest BCUT2D eigenvalue weighted by Gasteiger charge is 2.25. The number of aromatic nitrogens is 6. The monoisotopic (exact) mass is 362 g/mol. The van der Waals surface area contributed by atoms with Gasteiger partial charge in [0.15, 0.2) is 5.82 Å². The van der Waals surface area contributed by atoms with Crippen LogP contribution in [0.4, 0.5) is 0 Å². The van der Waals surface area contributed by atoms with Crippen molar-refractivity contribution >= 4 is 12.4 Å². The van der Waals surface area contributed by atoms with E-state index >= 15 is 0 Å². The Balaban J connectivity index is 0.00000182. The van der Waals surface area contributed by atoms with Crippen LogP contribution >= 0.6 is 12.4 Å². The first-order valence-electron chi connectivity index (χ1n) is 7.86. The van der Waals surface area contributed by atoms with Gasteiger partial charge in [-0.15, -0.1) is 22.6 Å². The van der Waals surface area contributed by atoms with Crippen molar-refractivity contribution in [3.63, 3.8) is 0 Å². The third-order valence-electron chi connectivity index (χ3n) is 4.05. The fourth-order valence-electron chi connectivity index (χ4n) is 2.70.